The molecule has 2 N–H and O–H groups in total. The van der Waals surface area contributed by atoms with E-state index in [1.54, 1.807) is 36.4 Å². The van der Waals surface area contributed by atoms with Gasteiger partial charge in [0, 0.05) is 10.7 Å². The van der Waals surface area contributed by atoms with Crippen LogP contribution in [0.1, 0.15) is 16.7 Å². The summed E-state index contributed by atoms with van der Waals surface area (Å²) in [5, 5.41) is 7.06. The zero-order valence-electron chi connectivity index (χ0n) is 16.3. The first-order valence-electron chi connectivity index (χ1n) is 9.18. The Bertz CT molecular complexity index is 1070. The molecule has 0 aromatic heterocycles. The van der Waals surface area contributed by atoms with Crippen LogP contribution < -0.4 is 15.5 Å². The molecule has 0 heterocycles. The zero-order valence-corrected chi connectivity index (χ0v) is 17.0. The first kappa shape index (κ1) is 21.1. The minimum atomic E-state index is -0.857. The summed E-state index contributed by atoms with van der Waals surface area (Å²) < 4.78 is 5.76. The topological polar surface area (TPSA) is 79.8 Å². The largest absolute Gasteiger partial charge is 0.489 e. The fourth-order valence-electron chi connectivity index (χ4n) is 2.54. The van der Waals surface area contributed by atoms with Gasteiger partial charge < -0.3 is 10.1 Å². The number of hydrazone groups is 1. The lowest BCUT2D eigenvalue weighted by molar-refractivity contribution is -0.136. The molecule has 0 saturated heterocycles. The molecule has 0 spiro atoms. The number of ether oxygens (including phenoxy) is 1. The van der Waals surface area contributed by atoms with Gasteiger partial charge in [-0.1, -0.05) is 54.1 Å². The molecule has 152 valence electrons. The highest BCUT2D eigenvalue weighted by Gasteiger charge is 2.13. The highest BCUT2D eigenvalue weighted by molar-refractivity contribution is 6.39. The van der Waals surface area contributed by atoms with Crippen LogP contribution >= 0.6 is 11.6 Å². The number of amides is 2. The van der Waals surface area contributed by atoms with Crippen molar-refractivity contribution in [3.63, 3.8) is 0 Å². The summed E-state index contributed by atoms with van der Waals surface area (Å²) in [5.74, 6) is -0.997. The summed E-state index contributed by atoms with van der Waals surface area (Å²) >= 11 is 5.88. The lowest BCUT2D eigenvalue weighted by Gasteiger charge is -2.07. The maximum Gasteiger partial charge on any atom is 0.329 e. The number of benzene rings is 3. The van der Waals surface area contributed by atoms with E-state index in [1.165, 1.54) is 6.21 Å². The smallest absolute Gasteiger partial charge is 0.329 e. The van der Waals surface area contributed by atoms with Gasteiger partial charge in [0.25, 0.3) is 0 Å². The number of halogens is 1. The Balaban J connectivity index is 1.52. The Kier molecular flexibility index (Phi) is 7.19. The summed E-state index contributed by atoms with van der Waals surface area (Å²) in [7, 11) is 0. The second kappa shape index (κ2) is 10.2. The van der Waals surface area contributed by atoms with Crippen molar-refractivity contribution in [2.24, 2.45) is 5.10 Å². The molecular weight excluding hydrogens is 402 g/mol. The summed E-state index contributed by atoms with van der Waals surface area (Å²) in [5.41, 5.74) is 5.36. The molecule has 6 nitrogen and oxygen atoms in total. The molecule has 0 bridgehead atoms. The Hall–Kier alpha value is -3.64. The number of carbonyl (C=O) groups excluding carboxylic acids is 2. The fraction of sp³-hybridized carbons (Fsp3) is 0.0870. The van der Waals surface area contributed by atoms with Crippen molar-refractivity contribution in [3.8, 4) is 5.75 Å². The van der Waals surface area contributed by atoms with Crippen molar-refractivity contribution in [3.05, 3.63) is 94.5 Å². The predicted molar refractivity (Wildman–Crippen MR) is 118 cm³/mol. The average Bonchev–Trinajstić information content (AvgIpc) is 2.75. The van der Waals surface area contributed by atoms with Gasteiger partial charge in [0.05, 0.1) is 6.21 Å². The normalized spacial score (nSPS) is 10.6. The lowest BCUT2D eigenvalue weighted by Crippen LogP contribution is -2.32. The predicted octanol–water partition coefficient (Wildman–Crippen LogP) is 4.32. The van der Waals surface area contributed by atoms with Crippen molar-refractivity contribution in [2.45, 2.75) is 13.5 Å². The quantitative estimate of drug-likeness (QED) is 0.353. The molecule has 3 aromatic rings. The van der Waals surface area contributed by atoms with Gasteiger partial charge in [-0.25, -0.2) is 5.43 Å². The maximum absolute atomic E-state index is 12.0. The van der Waals surface area contributed by atoms with E-state index in [-0.39, 0.29) is 0 Å². The van der Waals surface area contributed by atoms with E-state index in [1.807, 2.05) is 43.3 Å². The molecule has 2 amide bonds. The summed E-state index contributed by atoms with van der Waals surface area (Å²) in [6, 6.07) is 21.8. The average molecular weight is 422 g/mol. The minimum Gasteiger partial charge on any atom is -0.489 e. The van der Waals surface area contributed by atoms with E-state index in [0.29, 0.717) is 28.6 Å². The summed E-state index contributed by atoms with van der Waals surface area (Å²) in [4.78, 5) is 23.9. The van der Waals surface area contributed by atoms with Gasteiger partial charge in [0.15, 0.2) is 0 Å². The molecule has 0 atom stereocenters. The van der Waals surface area contributed by atoms with E-state index < -0.39 is 11.8 Å². The van der Waals surface area contributed by atoms with Gasteiger partial charge in [0.1, 0.15) is 12.4 Å². The van der Waals surface area contributed by atoms with E-state index >= 15 is 0 Å². The second-order valence-corrected chi connectivity index (χ2v) is 6.89. The zero-order chi connectivity index (χ0) is 21.3. The number of nitrogens with one attached hydrogen (secondary N) is 2. The van der Waals surface area contributed by atoms with Crippen LogP contribution in [0.4, 0.5) is 5.69 Å². The van der Waals surface area contributed by atoms with Crippen molar-refractivity contribution in [1.29, 1.82) is 0 Å². The first-order chi connectivity index (χ1) is 14.5. The Morgan fingerprint density at radius 1 is 1.00 bits per heavy atom. The van der Waals surface area contributed by atoms with Crippen LogP contribution in [-0.4, -0.2) is 18.0 Å². The third kappa shape index (κ3) is 6.18. The summed E-state index contributed by atoms with van der Waals surface area (Å²) in [6.07, 6.45) is 1.44. The minimum absolute atomic E-state index is 0.396. The van der Waals surface area contributed by atoms with Crippen LogP contribution in [0, 0.1) is 6.92 Å². The number of hydrogen-bond acceptors (Lipinski definition) is 4. The molecule has 0 fully saturated rings. The summed E-state index contributed by atoms with van der Waals surface area (Å²) in [6.45, 7) is 2.24. The molecule has 0 aliphatic rings. The Morgan fingerprint density at radius 2 is 1.77 bits per heavy atom. The molecule has 3 aromatic carbocycles. The van der Waals surface area contributed by atoms with Crippen LogP contribution in [0.25, 0.3) is 0 Å². The lowest BCUT2D eigenvalue weighted by atomic mass is 10.2. The fourth-order valence-corrected chi connectivity index (χ4v) is 2.67. The van der Waals surface area contributed by atoms with Gasteiger partial charge in [-0.3, -0.25) is 9.59 Å². The number of para-hydroxylation sites is 1. The molecule has 7 heteroatoms. The van der Waals surface area contributed by atoms with Gasteiger partial charge >= 0.3 is 11.8 Å². The monoisotopic (exact) mass is 421 g/mol. The highest BCUT2D eigenvalue weighted by atomic mass is 35.5. The second-order valence-electron chi connectivity index (χ2n) is 6.46. The number of nitrogens with zero attached hydrogens (tertiary/aromatic N) is 1. The third-order valence-electron chi connectivity index (χ3n) is 4.16. The van der Waals surface area contributed by atoms with Crippen LogP contribution in [0.3, 0.4) is 0 Å². The number of rotatable bonds is 6. The van der Waals surface area contributed by atoms with Crippen LogP contribution in [0.15, 0.2) is 77.9 Å². The van der Waals surface area contributed by atoms with E-state index in [4.69, 9.17) is 16.3 Å². The van der Waals surface area contributed by atoms with E-state index in [9.17, 15) is 9.59 Å². The first-order valence-corrected chi connectivity index (χ1v) is 9.56. The molecule has 0 radical (unpaired) electrons. The van der Waals surface area contributed by atoms with Crippen LogP contribution in [-0.2, 0) is 16.2 Å². The van der Waals surface area contributed by atoms with Crippen molar-refractivity contribution >= 4 is 35.3 Å². The molecule has 3 rings (SSSR count). The number of anilines is 1. The number of carbonyl (C=O) groups is 2. The number of aryl methyl sites for hydroxylation is 1. The molecule has 0 saturated carbocycles. The molecule has 0 unspecified atom stereocenters. The third-order valence-corrected chi connectivity index (χ3v) is 4.41. The Morgan fingerprint density at radius 3 is 2.53 bits per heavy atom. The Labute approximate surface area is 179 Å². The molecule has 0 aliphatic carbocycles. The standard InChI is InChI=1S/C23H20ClN3O3/c1-16-5-2-3-8-21(16)26-22(28)23(29)27-25-14-18-6-4-7-20(13-18)30-15-17-9-11-19(24)12-10-17/h2-14H,15H2,1H3,(H,26,28)(H,27,29)/b25-14+. The molecule has 30 heavy (non-hydrogen) atoms. The maximum atomic E-state index is 12.0. The van der Waals surface area contributed by atoms with Crippen molar-refractivity contribution in [1.82, 2.24) is 5.43 Å². The van der Waals surface area contributed by atoms with Gasteiger partial charge in [-0.15, -0.1) is 0 Å². The van der Waals surface area contributed by atoms with E-state index in [2.05, 4.69) is 15.8 Å². The van der Waals surface area contributed by atoms with Crippen molar-refractivity contribution in [2.75, 3.05) is 5.32 Å². The van der Waals surface area contributed by atoms with E-state index in [0.717, 1.165) is 11.1 Å². The van der Waals surface area contributed by atoms with Gasteiger partial charge in [-0.05, 0) is 53.9 Å². The molecule has 0 aliphatic heterocycles. The van der Waals surface area contributed by atoms with Crippen LogP contribution in [0.5, 0.6) is 5.75 Å². The highest BCUT2D eigenvalue weighted by Crippen LogP contribution is 2.16. The van der Waals surface area contributed by atoms with Gasteiger partial charge in [-0.2, -0.15) is 5.10 Å². The number of hydrogen-bond donors (Lipinski definition) is 2. The van der Waals surface area contributed by atoms with Gasteiger partial charge in [0.2, 0.25) is 0 Å². The van der Waals surface area contributed by atoms with Crippen molar-refractivity contribution < 1.29 is 14.3 Å². The molecular formula is C23H20ClN3O3. The SMILES string of the molecule is Cc1ccccc1NC(=O)C(=O)N/N=C/c1cccc(OCc2ccc(Cl)cc2)c1. The van der Waals surface area contributed by atoms with Crippen LogP contribution in [0.2, 0.25) is 5.02 Å².